The zero-order valence-electron chi connectivity index (χ0n) is 11.7. The number of aromatic carboxylic acids is 1. The molecule has 5 heteroatoms. The van der Waals surface area contributed by atoms with Crippen molar-refractivity contribution >= 4 is 28.7 Å². The molecule has 0 bridgehead atoms. The van der Waals surface area contributed by atoms with E-state index in [1.807, 2.05) is 6.07 Å². The van der Waals surface area contributed by atoms with Crippen LogP contribution in [0.4, 0.5) is 11.4 Å². The third kappa shape index (κ3) is 3.36. The molecule has 2 aromatic rings. The predicted molar refractivity (Wildman–Crippen MR) is 86.5 cm³/mol. The first-order chi connectivity index (χ1) is 10.2. The molecule has 1 aliphatic rings. The van der Waals surface area contributed by atoms with Crippen molar-refractivity contribution in [2.75, 3.05) is 23.3 Å². The summed E-state index contributed by atoms with van der Waals surface area (Å²) in [6.07, 6.45) is 2.56. The van der Waals surface area contributed by atoms with Gasteiger partial charge in [-0.3, -0.25) is 0 Å². The molecule has 0 amide bonds. The molecule has 3 rings (SSSR count). The summed E-state index contributed by atoms with van der Waals surface area (Å²) in [7, 11) is 0. The van der Waals surface area contributed by atoms with Crippen molar-refractivity contribution in [1.29, 1.82) is 0 Å². The summed E-state index contributed by atoms with van der Waals surface area (Å²) in [6.45, 7) is 2.96. The van der Waals surface area contributed by atoms with Crippen molar-refractivity contribution in [1.82, 2.24) is 0 Å². The van der Waals surface area contributed by atoms with E-state index >= 15 is 0 Å². The van der Waals surface area contributed by atoms with E-state index in [9.17, 15) is 4.79 Å². The van der Waals surface area contributed by atoms with Crippen LogP contribution >= 0.6 is 11.3 Å². The van der Waals surface area contributed by atoms with Crippen LogP contribution in [0.5, 0.6) is 0 Å². The molecular weight excluding hydrogens is 284 g/mol. The molecule has 2 heterocycles. The van der Waals surface area contributed by atoms with Gasteiger partial charge < -0.3 is 15.3 Å². The Morgan fingerprint density at radius 3 is 2.48 bits per heavy atom. The number of benzene rings is 1. The highest BCUT2D eigenvalue weighted by molar-refractivity contribution is 7.13. The molecule has 0 saturated carbocycles. The van der Waals surface area contributed by atoms with Crippen molar-refractivity contribution in [3.8, 4) is 0 Å². The van der Waals surface area contributed by atoms with E-state index in [1.54, 1.807) is 6.07 Å². The second kappa shape index (κ2) is 6.18. The van der Waals surface area contributed by atoms with Gasteiger partial charge >= 0.3 is 5.97 Å². The molecule has 1 aromatic carbocycles. The van der Waals surface area contributed by atoms with Crippen LogP contribution < -0.4 is 10.2 Å². The standard InChI is InChI=1S/C16H18N2O2S/c19-16(20)15-8-7-14(21-15)11-17-12-3-5-13(6-4-12)18-9-1-2-10-18/h3-8,17H,1-2,9-11H2,(H,19,20). The van der Waals surface area contributed by atoms with Crippen molar-refractivity contribution in [2.24, 2.45) is 0 Å². The minimum Gasteiger partial charge on any atom is -0.477 e. The van der Waals surface area contributed by atoms with Gasteiger partial charge in [0.05, 0.1) is 0 Å². The Bertz CT molecular complexity index is 615. The lowest BCUT2D eigenvalue weighted by Gasteiger charge is -2.17. The molecule has 0 unspecified atom stereocenters. The second-order valence-electron chi connectivity index (χ2n) is 5.17. The largest absolute Gasteiger partial charge is 0.477 e. The molecule has 0 spiro atoms. The Hall–Kier alpha value is -2.01. The van der Waals surface area contributed by atoms with E-state index in [4.69, 9.17) is 5.11 Å². The number of rotatable bonds is 5. The van der Waals surface area contributed by atoms with Crippen LogP contribution in [0.15, 0.2) is 36.4 Å². The minimum absolute atomic E-state index is 0.385. The predicted octanol–water partition coefficient (Wildman–Crippen LogP) is 3.66. The fourth-order valence-electron chi connectivity index (χ4n) is 2.54. The molecule has 1 saturated heterocycles. The summed E-state index contributed by atoms with van der Waals surface area (Å²) in [6, 6.07) is 12.0. The van der Waals surface area contributed by atoms with Crippen LogP contribution in [0.25, 0.3) is 0 Å². The van der Waals surface area contributed by atoms with Crippen molar-refractivity contribution in [3.63, 3.8) is 0 Å². The lowest BCUT2D eigenvalue weighted by atomic mass is 10.2. The molecule has 0 aliphatic carbocycles. The van der Waals surface area contributed by atoms with Crippen LogP contribution in [-0.4, -0.2) is 24.2 Å². The Kier molecular flexibility index (Phi) is 4.10. The number of carbonyl (C=O) groups is 1. The highest BCUT2D eigenvalue weighted by Gasteiger charge is 2.11. The van der Waals surface area contributed by atoms with E-state index in [0.29, 0.717) is 11.4 Å². The average molecular weight is 302 g/mol. The van der Waals surface area contributed by atoms with Crippen LogP contribution in [-0.2, 0) is 6.54 Å². The molecule has 1 fully saturated rings. The maximum absolute atomic E-state index is 10.8. The smallest absolute Gasteiger partial charge is 0.345 e. The van der Waals surface area contributed by atoms with Gasteiger partial charge in [-0.25, -0.2) is 4.79 Å². The van der Waals surface area contributed by atoms with Gasteiger partial charge in [-0.05, 0) is 49.2 Å². The van der Waals surface area contributed by atoms with E-state index in [0.717, 1.165) is 23.7 Å². The zero-order chi connectivity index (χ0) is 14.7. The Labute approximate surface area is 128 Å². The summed E-state index contributed by atoms with van der Waals surface area (Å²) < 4.78 is 0. The lowest BCUT2D eigenvalue weighted by molar-refractivity contribution is 0.0702. The van der Waals surface area contributed by atoms with Crippen LogP contribution in [0.3, 0.4) is 0 Å². The van der Waals surface area contributed by atoms with Crippen molar-refractivity contribution in [2.45, 2.75) is 19.4 Å². The van der Waals surface area contributed by atoms with Gasteiger partial charge in [0.1, 0.15) is 4.88 Å². The monoisotopic (exact) mass is 302 g/mol. The molecule has 0 radical (unpaired) electrons. The van der Waals surface area contributed by atoms with Crippen LogP contribution in [0.2, 0.25) is 0 Å². The van der Waals surface area contributed by atoms with Gasteiger partial charge in [-0.1, -0.05) is 0 Å². The Balaban J connectivity index is 1.58. The minimum atomic E-state index is -0.860. The second-order valence-corrected chi connectivity index (χ2v) is 6.33. The van der Waals surface area contributed by atoms with Crippen molar-refractivity contribution in [3.05, 3.63) is 46.2 Å². The molecule has 2 N–H and O–H groups in total. The van der Waals surface area contributed by atoms with Crippen LogP contribution in [0, 0.1) is 0 Å². The maximum Gasteiger partial charge on any atom is 0.345 e. The highest BCUT2D eigenvalue weighted by Crippen LogP contribution is 2.23. The fraction of sp³-hybridized carbons (Fsp3) is 0.312. The number of hydrogen-bond donors (Lipinski definition) is 2. The molecule has 21 heavy (non-hydrogen) atoms. The fourth-order valence-corrected chi connectivity index (χ4v) is 3.33. The topological polar surface area (TPSA) is 52.6 Å². The summed E-state index contributed by atoms with van der Waals surface area (Å²) in [5.74, 6) is -0.860. The Morgan fingerprint density at radius 2 is 1.86 bits per heavy atom. The van der Waals surface area contributed by atoms with Gasteiger partial charge in [0, 0.05) is 35.9 Å². The molecule has 1 aromatic heterocycles. The van der Waals surface area contributed by atoms with Crippen molar-refractivity contribution < 1.29 is 9.90 Å². The quantitative estimate of drug-likeness (QED) is 0.885. The molecule has 110 valence electrons. The van der Waals surface area contributed by atoms with Gasteiger partial charge in [0.2, 0.25) is 0 Å². The first-order valence-corrected chi connectivity index (χ1v) is 7.95. The Morgan fingerprint density at radius 1 is 1.14 bits per heavy atom. The lowest BCUT2D eigenvalue weighted by Crippen LogP contribution is -2.17. The number of hydrogen-bond acceptors (Lipinski definition) is 4. The first-order valence-electron chi connectivity index (χ1n) is 7.13. The number of nitrogens with zero attached hydrogens (tertiary/aromatic N) is 1. The normalized spacial score (nSPS) is 14.4. The number of thiophene rings is 1. The number of carboxylic acids is 1. The summed E-state index contributed by atoms with van der Waals surface area (Å²) in [4.78, 5) is 14.7. The maximum atomic E-state index is 10.8. The highest BCUT2D eigenvalue weighted by atomic mass is 32.1. The van der Waals surface area contributed by atoms with E-state index < -0.39 is 5.97 Å². The van der Waals surface area contributed by atoms with Gasteiger partial charge in [-0.15, -0.1) is 11.3 Å². The van der Waals surface area contributed by atoms with Gasteiger partial charge in [-0.2, -0.15) is 0 Å². The summed E-state index contributed by atoms with van der Waals surface area (Å²) in [5.41, 5.74) is 2.34. The zero-order valence-corrected chi connectivity index (χ0v) is 12.5. The summed E-state index contributed by atoms with van der Waals surface area (Å²) >= 11 is 1.31. The number of anilines is 2. The van der Waals surface area contributed by atoms with E-state index in [1.165, 1.54) is 29.9 Å². The van der Waals surface area contributed by atoms with E-state index in [2.05, 4.69) is 34.5 Å². The van der Waals surface area contributed by atoms with E-state index in [-0.39, 0.29) is 0 Å². The van der Waals surface area contributed by atoms with Gasteiger partial charge in [0.25, 0.3) is 0 Å². The molecular formula is C16H18N2O2S. The van der Waals surface area contributed by atoms with Gasteiger partial charge in [0.15, 0.2) is 0 Å². The third-order valence-corrected chi connectivity index (χ3v) is 4.75. The van der Waals surface area contributed by atoms with Crippen LogP contribution in [0.1, 0.15) is 27.4 Å². The first kappa shape index (κ1) is 13.9. The molecule has 4 nitrogen and oxygen atoms in total. The summed E-state index contributed by atoms with van der Waals surface area (Å²) in [5, 5.41) is 12.2. The SMILES string of the molecule is O=C(O)c1ccc(CNc2ccc(N3CCCC3)cc2)s1. The number of carboxylic acid groups (broad SMARTS) is 1. The number of nitrogens with one attached hydrogen (secondary N) is 1. The third-order valence-electron chi connectivity index (χ3n) is 3.68. The average Bonchev–Trinajstić information content (AvgIpc) is 3.17. The molecule has 1 aliphatic heterocycles. The molecule has 0 atom stereocenters.